The van der Waals surface area contributed by atoms with Crippen molar-refractivity contribution in [2.24, 2.45) is 5.92 Å². The van der Waals surface area contributed by atoms with Crippen molar-refractivity contribution in [1.82, 2.24) is 5.32 Å². The number of nitrogens with one attached hydrogen (secondary N) is 1. The van der Waals surface area contributed by atoms with Gasteiger partial charge < -0.3 is 14.8 Å². The Morgan fingerprint density at radius 1 is 0.865 bits per heavy atom. The third kappa shape index (κ3) is 9.32. The number of carbonyl (C=O) groups excluding carboxylic acids is 3. The van der Waals surface area contributed by atoms with Crippen LogP contribution in [0.3, 0.4) is 0 Å². The number of ether oxygens (including phenoxy) is 2. The average molecular weight is 516 g/mol. The first kappa shape index (κ1) is 28.9. The van der Waals surface area contributed by atoms with Crippen molar-refractivity contribution in [2.75, 3.05) is 7.11 Å². The summed E-state index contributed by atoms with van der Waals surface area (Å²) in [7, 11) is 1.16. The van der Waals surface area contributed by atoms with Gasteiger partial charge in [0.2, 0.25) is 5.91 Å². The van der Waals surface area contributed by atoms with Gasteiger partial charge in [0.05, 0.1) is 29.3 Å². The highest BCUT2D eigenvalue weighted by atomic mass is 16.6. The van der Waals surface area contributed by atoms with Crippen molar-refractivity contribution in [3.63, 3.8) is 0 Å². The molecule has 1 amide bonds. The number of esters is 2. The molecular weight excluding hydrogens is 486 g/mol. The van der Waals surface area contributed by atoms with Gasteiger partial charge in [-0.1, -0.05) is 24.3 Å². The lowest BCUT2D eigenvalue weighted by Gasteiger charge is -2.24. The van der Waals surface area contributed by atoms with E-state index in [4.69, 9.17) is 9.47 Å². The van der Waals surface area contributed by atoms with Gasteiger partial charge in [-0.15, -0.1) is 0 Å². The van der Waals surface area contributed by atoms with Gasteiger partial charge in [0, 0.05) is 30.7 Å². The Labute approximate surface area is 213 Å². The summed E-state index contributed by atoms with van der Waals surface area (Å²) in [5.41, 5.74) is 0.0870. The zero-order chi connectivity index (χ0) is 27.8. The summed E-state index contributed by atoms with van der Waals surface area (Å²) in [5.74, 6) is -2.94. The van der Waals surface area contributed by atoms with Gasteiger partial charge in [-0.05, 0) is 38.3 Å². The Morgan fingerprint density at radius 2 is 1.32 bits per heavy atom. The largest absolute Gasteiger partial charge is 0.467 e. The second-order valence-corrected chi connectivity index (χ2v) is 9.33. The second kappa shape index (κ2) is 12.6. The van der Waals surface area contributed by atoms with E-state index < -0.39 is 45.3 Å². The molecule has 2 rings (SSSR count). The smallest absolute Gasteiger partial charge is 0.328 e. The van der Waals surface area contributed by atoms with E-state index in [1.165, 1.54) is 48.5 Å². The maximum Gasteiger partial charge on any atom is 0.328 e. The minimum Gasteiger partial charge on any atom is -0.467 e. The lowest BCUT2D eigenvalue weighted by Crippen LogP contribution is -2.46. The Bertz CT molecular complexity index is 1140. The molecule has 12 nitrogen and oxygen atoms in total. The summed E-state index contributed by atoms with van der Waals surface area (Å²) in [6.45, 7) is 5.06. The molecule has 0 spiro atoms. The molecule has 0 unspecified atom stereocenters. The number of methoxy groups -OCH3 is 1. The molecule has 2 aromatic rings. The molecule has 0 heterocycles. The van der Waals surface area contributed by atoms with Crippen LogP contribution in [0.4, 0.5) is 11.4 Å². The standard InChI is InChI=1S/C25H29N3O9/c1-25(2,3)37-22(29)15-18(13-16-5-9-19(10-6-16)27(32)33)23(30)26-21(24(31)36-4)14-17-7-11-20(12-8-17)28(34)35/h5-12,18,21H,13-15H2,1-4H3,(H,26,30)/t18-,21-/m0/s1. The summed E-state index contributed by atoms with van der Waals surface area (Å²) >= 11 is 0. The van der Waals surface area contributed by atoms with Crippen LogP contribution in [0, 0.1) is 26.1 Å². The first-order valence-electron chi connectivity index (χ1n) is 11.4. The molecule has 198 valence electrons. The van der Waals surface area contributed by atoms with Crippen molar-refractivity contribution in [2.45, 2.75) is 51.7 Å². The number of amides is 1. The second-order valence-electron chi connectivity index (χ2n) is 9.33. The number of hydrogen-bond donors (Lipinski definition) is 1. The highest BCUT2D eigenvalue weighted by molar-refractivity contribution is 5.88. The van der Waals surface area contributed by atoms with Gasteiger partial charge in [0.15, 0.2) is 0 Å². The Morgan fingerprint density at radius 3 is 1.73 bits per heavy atom. The topological polar surface area (TPSA) is 168 Å². The molecule has 12 heteroatoms. The minimum absolute atomic E-state index is 0.00685. The van der Waals surface area contributed by atoms with Crippen LogP contribution in [0.1, 0.15) is 38.3 Å². The predicted molar refractivity (Wildman–Crippen MR) is 131 cm³/mol. The van der Waals surface area contributed by atoms with Crippen molar-refractivity contribution >= 4 is 29.2 Å². The number of hydrogen-bond acceptors (Lipinski definition) is 9. The summed E-state index contributed by atoms with van der Waals surface area (Å²) in [6.07, 6.45) is -0.257. The zero-order valence-corrected chi connectivity index (χ0v) is 21.0. The van der Waals surface area contributed by atoms with Gasteiger partial charge in [-0.25, -0.2) is 4.79 Å². The fourth-order valence-electron chi connectivity index (χ4n) is 3.49. The first-order chi connectivity index (χ1) is 17.3. The van der Waals surface area contributed by atoms with Crippen LogP contribution in [0.2, 0.25) is 0 Å². The molecule has 1 N–H and O–H groups in total. The Balaban J connectivity index is 2.25. The highest BCUT2D eigenvalue weighted by Gasteiger charge is 2.30. The van der Waals surface area contributed by atoms with E-state index in [0.717, 1.165) is 7.11 Å². The molecule has 0 radical (unpaired) electrons. The monoisotopic (exact) mass is 515 g/mol. The lowest BCUT2D eigenvalue weighted by atomic mass is 9.94. The number of benzene rings is 2. The van der Waals surface area contributed by atoms with Crippen LogP contribution in [-0.4, -0.2) is 46.4 Å². The molecular formula is C25H29N3O9. The normalized spacial score (nSPS) is 12.6. The number of rotatable bonds is 11. The third-order valence-electron chi connectivity index (χ3n) is 5.22. The molecule has 2 aromatic carbocycles. The number of non-ortho nitro benzene ring substituents is 2. The van der Waals surface area contributed by atoms with Gasteiger partial charge in [-0.2, -0.15) is 0 Å². The van der Waals surface area contributed by atoms with E-state index in [1.54, 1.807) is 20.8 Å². The fraction of sp³-hybridized carbons (Fsp3) is 0.400. The predicted octanol–water partition coefficient (Wildman–Crippen LogP) is 3.29. The summed E-state index contributed by atoms with van der Waals surface area (Å²) in [6, 6.07) is 9.94. The summed E-state index contributed by atoms with van der Waals surface area (Å²) < 4.78 is 10.2. The Hall–Kier alpha value is -4.35. The Kier molecular flexibility index (Phi) is 9.81. The van der Waals surface area contributed by atoms with Crippen molar-refractivity contribution < 1.29 is 33.7 Å². The molecule has 0 bridgehead atoms. The maximum atomic E-state index is 13.3. The molecule has 0 aliphatic carbocycles. The zero-order valence-electron chi connectivity index (χ0n) is 21.0. The molecule has 0 fully saturated rings. The average Bonchev–Trinajstić information content (AvgIpc) is 2.82. The summed E-state index contributed by atoms with van der Waals surface area (Å²) in [4.78, 5) is 58.9. The van der Waals surface area contributed by atoms with Crippen LogP contribution in [0.15, 0.2) is 48.5 Å². The van der Waals surface area contributed by atoms with Crippen LogP contribution in [0.25, 0.3) is 0 Å². The molecule has 37 heavy (non-hydrogen) atoms. The molecule has 0 aliphatic heterocycles. The minimum atomic E-state index is -1.13. The SMILES string of the molecule is COC(=O)[C@H](Cc1ccc([N+](=O)[O-])cc1)NC(=O)[C@H](CC(=O)OC(C)(C)C)Cc1ccc([N+](=O)[O-])cc1. The number of nitro groups is 2. The van der Waals surface area contributed by atoms with E-state index in [-0.39, 0.29) is 30.6 Å². The van der Waals surface area contributed by atoms with Gasteiger partial charge in [0.25, 0.3) is 11.4 Å². The van der Waals surface area contributed by atoms with Crippen LogP contribution < -0.4 is 5.32 Å². The van der Waals surface area contributed by atoms with E-state index >= 15 is 0 Å². The third-order valence-corrected chi connectivity index (χ3v) is 5.22. The van der Waals surface area contributed by atoms with Crippen molar-refractivity contribution in [3.05, 3.63) is 79.9 Å². The van der Waals surface area contributed by atoms with Crippen LogP contribution in [-0.2, 0) is 36.7 Å². The molecule has 0 saturated carbocycles. The van der Waals surface area contributed by atoms with Crippen LogP contribution >= 0.6 is 0 Å². The summed E-state index contributed by atoms with van der Waals surface area (Å²) in [5, 5.41) is 24.4. The van der Waals surface area contributed by atoms with E-state index in [9.17, 15) is 34.6 Å². The quantitative estimate of drug-likeness (QED) is 0.268. The van der Waals surface area contributed by atoms with Crippen molar-refractivity contribution in [3.8, 4) is 0 Å². The van der Waals surface area contributed by atoms with E-state index in [1.807, 2.05) is 0 Å². The van der Waals surface area contributed by atoms with Crippen molar-refractivity contribution in [1.29, 1.82) is 0 Å². The van der Waals surface area contributed by atoms with E-state index in [0.29, 0.717) is 11.1 Å². The van der Waals surface area contributed by atoms with E-state index in [2.05, 4.69) is 5.32 Å². The molecule has 0 saturated heterocycles. The molecule has 0 aromatic heterocycles. The number of nitro benzene ring substituents is 2. The molecule has 0 aliphatic rings. The van der Waals surface area contributed by atoms with Gasteiger partial charge in [0.1, 0.15) is 11.6 Å². The first-order valence-corrected chi connectivity index (χ1v) is 11.4. The molecule has 2 atom stereocenters. The van der Waals surface area contributed by atoms with Crippen LogP contribution in [0.5, 0.6) is 0 Å². The lowest BCUT2D eigenvalue weighted by molar-refractivity contribution is -0.385. The fourth-order valence-corrected chi connectivity index (χ4v) is 3.49. The number of nitrogens with zero attached hydrogens (tertiary/aromatic N) is 2. The number of carbonyl (C=O) groups is 3. The highest BCUT2D eigenvalue weighted by Crippen LogP contribution is 2.20. The maximum absolute atomic E-state index is 13.3. The van der Waals surface area contributed by atoms with Gasteiger partial charge in [-0.3, -0.25) is 29.8 Å². The van der Waals surface area contributed by atoms with Gasteiger partial charge >= 0.3 is 11.9 Å².